The van der Waals surface area contributed by atoms with Gasteiger partial charge in [-0.25, -0.2) is 0 Å². The number of para-hydroxylation sites is 1. The number of thioether (sulfide) groups is 1. The molecule has 4 rings (SSSR count). The van der Waals surface area contributed by atoms with Gasteiger partial charge in [-0.15, -0.1) is 0 Å². The van der Waals surface area contributed by atoms with E-state index in [0.29, 0.717) is 30.1 Å². The Hall–Kier alpha value is -4.02. The minimum absolute atomic E-state index is 0.0548. The van der Waals surface area contributed by atoms with Gasteiger partial charge in [-0.1, -0.05) is 73.3 Å². The summed E-state index contributed by atoms with van der Waals surface area (Å²) in [5, 5.41) is 12.8. The fourth-order valence-corrected chi connectivity index (χ4v) is 5.43. The maximum atomic E-state index is 13.6. The Balaban J connectivity index is 1.55. The van der Waals surface area contributed by atoms with Crippen LogP contribution in [0.2, 0.25) is 0 Å². The van der Waals surface area contributed by atoms with E-state index in [1.165, 1.54) is 22.2 Å². The number of nitrogens with zero attached hydrogens (tertiary/aromatic N) is 2. The number of nitrogens with one attached hydrogen (secondary N) is 1. The third-order valence-corrected chi connectivity index (χ3v) is 7.49. The van der Waals surface area contributed by atoms with Crippen molar-refractivity contribution in [3.8, 4) is 11.8 Å². The van der Waals surface area contributed by atoms with Gasteiger partial charge in [0.25, 0.3) is 5.91 Å². The average Bonchev–Trinajstić information content (AvgIpc) is 3.25. The molecule has 1 aliphatic rings. The van der Waals surface area contributed by atoms with Crippen molar-refractivity contribution in [3.05, 3.63) is 106 Å². The van der Waals surface area contributed by atoms with Gasteiger partial charge in [0, 0.05) is 12.2 Å². The molecule has 3 aromatic rings. The van der Waals surface area contributed by atoms with Crippen molar-refractivity contribution in [1.82, 2.24) is 5.32 Å². The second-order valence-electron chi connectivity index (χ2n) is 8.64. The number of aryl methyl sites for hydroxylation is 1. The molecule has 7 heteroatoms. The zero-order valence-corrected chi connectivity index (χ0v) is 21.8. The van der Waals surface area contributed by atoms with Crippen LogP contribution < -0.4 is 15.0 Å². The van der Waals surface area contributed by atoms with E-state index in [2.05, 4.69) is 30.4 Å². The Labute approximate surface area is 221 Å². The van der Waals surface area contributed by atoms with Gasteiger partial charge in [0.15, 0.2) is 0 Å². The fraction of sp³-hybridized carbons (Fsp3) is 0.233. The van der Waals surface area contributed by atoms with Crippen LogP contribution in [-0.4, -0.2) is 30.7 Å². The van der Waals surface area contributed by atoms with E-state index in [1.54, 1.807) is 7.11 Å². The van der Waals surface area contributed by atoms with Gasteiger partial charge in [-0.05, 0) is 60.2 Å². The lowest BCUT2D eigenvalue weighted by atomic mass is 10.1. The molecule has 0 spiro atoms. The number of ether oxygens (including phenoxy) is 1. The van der Waals surface area contributed by atoms with E-state index in [1.807, 2.05) is 66.7 Å². The molecule has 0 aromatic heterocycles. The highest BCUT2D eigenvalue weighted by Gasteiger charge is 2.40. The van der Waals surface area contributed by atoms with Gasteiger partial charge < -0.3 is 10.1 Å². The minimum Gasteiger partial charge on any atom is -0.497 e. The van der Waals surface area contributed by atoms with Crippen molar-refractivity contribution in [3.63, 3.8) is 0 Å². The number of hydrogen-bond acceptors (Lipinski definition) is 5. The van der Waals surface area contributed by atoms with E-state index < -0.39 is 11.2 Å². The summed E-state index contributed by atoms with van der Waals surface area (Å²) >= 11 is 1.28. The third kappa shape index (κ3) is 6.22. The number of methoxy groups -OCH3 is 1. The smallest absolute Gasteiger partial charge is 0.264 e. The number of carbonyl (C=O) groups excluding carboxylic acids is 2. The fourth-order valence-electron chi connectivity index (χ4n) is 4.13. The molecule has 1 aliphatic heterocycles. The number of nitriles is 1. The lowest BCUT2D eigenvalue weighted by Crippen LogP contribution is -2.32. The van der Waals surface area contributed by atoms with Crippen molar-refractivity contribution in [2.24, 2.45) is 0 Å². The number of amides is 2. The number of anilines is 1. The molecule has 1 N–H and O–H groups in total. The van der Waals surface area contributed by atoms with Crippen molar-refractivity contribution < 1.29 is 14.3 Å². The summed E-state index contributed by atoms with van der Waals surface area (Å²) in [6.45, 7) is 2.46. The molecular formula is C30H29N3O3S. The lowest BCUT2D eigenvalue weighted by Gasteiger charge is -2.18. The summed E-state index contributed by atoms with van der Waals surface area (Å²) in [6.07, 6.45) is 2.07. The molecule has 1 heterocycles. The molecule has 0 bridgehead atoms. The SMILES string of the molecule is CCc1ccc(C[C@@H]2S/C(=C(/C#N)C(=O)NCCc3ccc(OC)cc3)N(c3ccccc3)C2=O)cc1. The molecule has 0 unspecified atom stereocenters. The molecule has 1 saturated heterocycles. The van der Waals surface area contributed by atoms with Crippen LogP contribution >= 0.6 is 11.8 Å². The van der Waals surface area contributed by atoms with Crippen LogP contribution in [0.1, 0.15) is 23.6 Å². The molecule has 0 radical (unpaired) electrons. The summed E-state index contributed by atoms with van der Waals surface area (Å²) in [5.74, 6) is 0.147. The number of carbonyl (C=O) groups is 2. The van der Waals surface area contributed by atoms with E-state index in [4.69, 9.17) is 4.74 Å². The van der Waals surface area contributed by atoms with E-state index >= 15 is 0 Å². The highest BCUT2D eigenvalue weighted by molar-refractivity contribution is 8.05. The Morgan fingerprint density at radius 1 is 1.00 bits per heavy atom. The van der Waals surface area contributed by atoms with Crippen molar-refractivity contribution in [2.75, 3.05) is 18.6 Å². The van der Waals surface area contributed by atoms with Crippen LogP contribution in [0, 0.1) is 11.3 Å². The maximum absolute atomic E-state index is 13.6. The number of rotatable bonds is 9. The summed E-state index contributed by atoms with van der Waals surface area (Å²) < 4.78 is 5.18. The molecule has 188 valence electrons. The first-order chi connectivity index (χ1) is 18.0. The van der Waals surface area contributed by atoms with Crippen LogP contribution in [-0.2, 0) is 28.9 Å². The highest BCUT2D eigenvalue weighted by atomic mass is 32.2. The van der Waals surface area contributed by atoms with Gasteiger partial charge in [0.1, 0.15) is 22.4 Å². The Morgan fingerprint density at radius 3 is 2.27 bits per heavy atom. The Morgan fingerprint density at radius 2 is 1.65 bits per heavy atom. The molecule has 1 fully saturated rings. The van der Waals surface area contributed by atoms with E-state index in [9.17, 15) is 14.9 Å². The zero-order chi connectivity index (χ0) is 26.2. The Bertz CT molecular complexity index is 1310. The first-order valence-corrected chi connectivity index (χ1v) is 13.1. The van der Waals surface area contributed by atoms with E-state index in [0.717, 1.165) is 23.3 Å². The number of hydrogen-bond donors (Lipinski definition) is 1. The second kappa shape index (κ2) is 12.3. The molecule has 6 nitrogen and oxygen atoms in total. The molecule has 0 saturated carbocycles. The van der Waals surface area contributed by atoms with Crippen LogP contribution in [0.25, 0.3) is 0 Å². The second-order valence-corrected chi connectivity index (χ2v) is 9.83. The largest absolute Gasteiger partial charge is 0.497 e. The lowest BCUT2D eigenvalue weighted by molar-refractivity contribution is -0.117. The van der Waals surface area contributed by atoms with Gasteiger partial charge in [0.05, 0.1) is 12.4 Å². The topological polar surface area (TPSA) is 82.4 Å². The van der Waals surface area contributed by atoms with Gasteiger partial charge in [-0.3, -0.25) is 14.5 Å². The summed E-state index contributed by atoms with van der Waals surface area (Å²) in [5.41, 5.74) is 3.90. The molecule has 3 aromatic carbocycles. The Kier molecular flexibility index (Phi) is 8.65. The monoisotopic (exact) mass is 511 g/mol. The van der Waals surface area contributed by atoms with Crippen LogP contribution in [0.4, 0.5) is 5.69 Å². The van der Waals surface area contributed by atoms with Crippen molar-refractivity contribution >= 4 is 29.3 Å². The molecule has 2 amide bonds. The maximum Gasteiger partial charge on any atom is 0.264 e. The predicted octanol–water partition coefficient (Wildman–Crippen LogP) is 5.04. The van der Waals surface area contributed by atoms with Crippen LogP contribution in [0.5, 0.6) is 5.75 Å². The van der Waals surface area contributed by atoms with Crippen LogP contribution in [0.15, 0.2) is 89.5 Å². The van der Waals surface area contributed by atoms with Gasteiger partial charge in [0.2, 0.25) is 5.91 Å². The standard InChI is InChI=1S/C30H29N3O3S/c1-3-21-9-11-23(12-10-21)19-27-29(35)33(24-7-5-4-6-8-24)30(37-27)26(20-31)28(34)32-18-17-22-13-15-25(36-2)16-14-22/h4-16,27H,3,17-19H2,1-2H3,(H,32,34)/b30-26-/t27-/m0/s1. The average molecular weight is 512 g/mol. The third-order valence-electron chi connectivity index (χ3n) is 6.23. The quantitative estimate of drug-likeness (QED) is 0.321. The molecule has 1 atom stereocenters. The van der Waals surface area contributed by atoms with Crippen molar-refractivity contribution in [1.29, 1.82) is 5.26 Å². The molecule has 37 heavy (non-hydrogen) atoms. The summed E-state index contributed by atoms with van der Waals surface area (Å²) in [6, 6.07) is 27.1. The minimum atomic E-state index is -0.486. The first kappa shape index (κ1) is 26.1. The zero-order valence-electron chi connectivity index (χ0n) is 20.9. The van der Waals surface area contributed by atoms with Gasteiger partial charge in [-0.2, -0.15) is 5.26 Å². The first-order valence-electron chi connectivity index (χ1n) is 12.2. The normalized spacial score (nSPS) is 16.3. The molecule has 0 aliphatic carbocycles. The molecular weight excluding hydrogens is 482 g/mol. The van der Waals surface area contributed by atoms with Crippen LogP contribution in [0.3, 0.4) is 0 Å². The summed E-state index contributed by atoms with van der Waals surface area (Å²) in [7, 11) is 1.61. The van der Waals surface area contributed by atoms with Crippen molar-refractivity contribution in [2.45, 2.75) is 31.4 Å². The predicted molar refractivity (Wildman–Crippen MR) is 147 cm³/mol. The highest BCUT2D eigenvalue weighted by Crippen LogP contribution is 2.41. The number of benzene rings is 3. The van der Waals surface area contributed by atoms with Gasteiger partial charge >= 0.3 is 0 Å². The summed E-state index contributed by atoms with van der Waals surface area (Å²) in [4.78, 5) is 28.2. The van der Waals surface area contributed by atoms with E-state index in [-0.39, 0.29) is 11.5 Å².